The lowest BCUT2D eigenvalue weighted by atomic mass is 10.1. The van der Waals surface area contributed by atoms with E-state index in [1.807, 2.05) is 0 Å². The van der Waals surface area contributed by atoms with Gasteiger partial charge in [-0.15, -0.1) is 0 Å². The molecule has 2 aromatic rings. The Hall–Kier alpha value is -2.08. The van der Waals surface area contributed by atoms with E-state index in [-0.39, 0.29) is 12.5 Å². The molecule has 1 amide bonds. The number of carbonyl (C=O) groups excluding carboxylic acids is 1. The Morgan fingerprint density at radius 2 is 2.33 bits per heavy atom. The molecular weight excluding hydrogens is 254 g/mol. The van der Waals surface area contributed by atoms with Crippen molar-refractivity contribution in [3.05, 3.63) is 40.9 Å². The van der Waals surface area contributed by atoms with Crippen LogP contribution in [-0.2, 0) is 6.54 Å². The largest absolute Gasteiger partial charge is 0.387 e. The first-order valence-electron chi connectivity index (χ1n) is 5.30. The number of nitrogens with one attached hydrogen (secondary N) is 3. The molecule has 0 saturated carbocycles. The SMILES string of the molecule is CNc1ccc(Cl)cc1C(=O)NCc1ncn[nH]1. The number of rotatable bonds is 4. The molecule has 0 atom stereocenters. The van der Waals surface area contributed by atoms with Gasteiger partial charge in [0.05, 0.1) is 12.1 Å². The molecule has 0 saturated heterocycles. The average Bonchev–Trinajstić information content (AvgIpc) is 2.89. The topological polar surface area (TPSA) is 82.7 Å². The average molecular weight is 266 g/mol. The number of hydrogen-bond donors (Lipinski definition) is 3. The van der Waals surface area contributed by atoms with Gasteiger partial charge in [0.2, 0.25) is 0 Å². The summed E-state index contributed by atoms with van der Waals surface area (Å²) >= 11 is 5.88. The molecule has 7 heteroatoms. The van der Waals surface area contributed by atoms with Crippen LogP contribution in [0, 0.1) is 0 Å². The zero-order valence-corrected chi connectivity index (χ0v) is 10.5. The summed E-state index contributed by atoms with van der Waals surface area (Å²) < 4.78 is 0. The second-order valence-corrected chi connectivity index (χ2v) is 3.99. The quantitative estimate of drug-likeness (QED) is 0.781. The van der Waals surface area contributed by atoms with Gasteiger partial charge in [-0.25, -0.2) is 4.98 Å². The lowest BCUT2D eigenvalue weighted by Crippen LogP contribution is -2.24. The maximum Gasteiger partial charge on any atom is 0.253 e. The molecule has 2 rings (SSSR count). The van der Waals surface area contributed by atoms with Gasteiger partial charge in [-0.2, -0.15) is 5.10 Å². The standard InChI is InChI=1S/C11H12ClN5O/c1-13-9-3-2-7(12)4-8(9)11(18)14-5-10-15-6-16-17-10/h2-4,6,13H,5H2,1H3,(H,14,18)(H,15,16,17). The minimum Gasteiger partial charge on any atom is -0.387 e. The molecule has 0 aliphatic carbocycles. The zero-order valence-electron chi connectivity index (χ0n) is 9.70. The second-order valence-electron chi connectivity index (χ2n) is 3.55. The smallest absolute Gasteiger partial charge is 0.253 e. The van der Waals surface area contributed by atoms with Crippen LogP contribution in [0.25, 0.3) is 0 Å². The minimum absolute atomic E-state index is 0.224. The van der Waals surface area contributed by atoms with Gasteiger partial charge in [-0.05, 0) is 18.2 Å². The highest BCUT2D eigenvalue weighted by Gasteiger charge is 2.11. The van der Waals surface area contributed by atoms with Crippen molar-refractivity contribution in [2.75, 3.05) is 12.4 Å². The van der Waals surface area contributed by atoms with Crippen LogP contribution in [0.3, 0.4) is 0 Å². The molecule has 0 radical (unpaired) electrons. The molecular formula is C11H12ClN5O. The molecule has 0 aliphatic heterocycles. The number of amides is 1. The van der Waals surface area contributed by atoms with Crippen LogP contribution in [-0.4, -0.2) is 28.1 Å². The first-order valence-corrected chi connectivity index (χ1v) is 5.68. The van der Waals surface area contributed by atoms with Crippen molar-refractivity contribution >= 4 is 23.2 Å². The van der Waals surface area contributed by atoms with Crippen LogP contribution >= 0.6 is 11.6 Å². The van der Waals surface area contributed by atoms with E-state index in [1.54, 1.807) is 25.2 Å². The normalized spacial score (nSPS) is 10.1. The van der Waals surface area contributed by atoms with E-state index in [1.165, 1.54) is 6.33 Å². The van der Waals surface area contributed by atoms with Crippen LogP contribution in [0.15, 0.2) is 24.5 Å². The number of aromatic nitrogens is 3. The fraction of sp³-hybridized carbons (Fsp3) is 0.182. The molecule has 0 spiro atoms. The van der Waals surface area contributed by atoms with E-state index < -0.39 is 0 Å². The Balaban J connectivity index is 2.10. The molecule has 1 aromatic carbocycles. The monoisotopic (exact) mass is 265 g/mol. The Labute approximate surface area is 109 Å². The van der Waals surface area contributed by atoms with Crippen molar-refractivity contribution in [3.63, 3.8) is 0 Å². The third kappa shape index (κ3) is 2.78. The van der Waals surface area contributed by atoms with Crippen molar-refractivity contribution in [2.24, 2.45) is 0 Å². The van der Waals surface area contributed by atoms with Gasteiger partial charge in [0.25, 0.3) is 5.91 Å². The van der Waals surface area contributed by atoms with Gasteiger partial charge in [-0.3, -0.25) is 9.89 Å². The highest BCUT2D eigenvalue weighted by atomic mass is 35.5. The first-order chi connectivity index (χ1) is 8.70. The highest BCUT2D eigenvalue weighted by molar-refractivity contribution is 6.31. The number of benzene rings is 1. The van der Waals surface area contributed by atoms with Gasteiger partial charge in [0, 0.05) is 17.8 Å². The van der Waals surface area contributed by atoms with Crippen molar-refractivity contribution in [1.29, 1.82) is 0 Å². The molecule has 0 fully saturated rings. The Morgan fingerprint density at radius 1 is 1.50 bits per heavy atom. The highest BCUT2D eigenvalue weighted by Crippen LogP contribution is 2.20. The van der Waals surface area contributed by atoms with E-state index in [2.05, 4.69) is 25.8 Å². The molecule has 0 unspecified atom stereocenters. The number of H-pyrrole nitrogens is 1. The van der Waals surface area contributed by atoms with Gasteiger partial charge < -0.3 is 10.6 Å². The number of halogens is 1. The number of aromatic amines is 1. The fourth-order valence-electron chi connectivity index (χ4n) is 1.50. The predicted molar refractivity (Wildman–Crippen MR) is 68.6 cm³/mol. The minimum atomic E-state index is -0.224. The van der Waals surface area contributed by atoms with Crippen LogP contribution in [0.1, 0.15) is 16.2 Å². The Kier molecular flexibility index (Phi) is 3.78. The summed E-state index contributed by atoms with van der Waals surface area (Å²) in [5.41, 5.74) is 1.21. The number of anilines is 1. The molecule has 0 aliphatic rings. The second kappa shape index (κ2) is 5.50. The summed E-state index contributed by atoms with van der Waals surface area (Å²) in [7, 11) is 1.75. The van der Waals surface area contributed by atoms with Crippen LogP contribution < -0.4 is 10.6 Å². The van der Waals surface area contributed by atoms with E-state index in [0.717, 1.165) is 5.69 Å². The number of hydrogen-bond acceptors (Lipinski definition) is 4. The molecule has 94 valence electrons. The van der Waals surface area contributed by atoms with Crippen LogP contribution in [0.4, 0.5) is 5.69 Å². The number of nitrogens with zero attached hydrogens (tertiary/aromatic N) is 2. The molecule has 1 aromatic heterocycles. The molecule has 18 heavy (non-hydrogen) atoms. The summed E-state index contributed by atoms with van der Waals surface area (Å²) in [6.45, 7) is 0.286. The van der Waals surface area contributed by atoms with E-state index >= 15 is 0 Å². The lowest BCUT2D eigenvalue weighted by Gasteiger charge is -2.09. The summed E-state index contributed by atoms with van der Waals surface area (Å²) in [5.74, 6) is 0.370. The lowest BCUT2D eigenvalue weighted by molar-refractivity contribution is 0.0950. The maximum absolute atomic E-state index is 12.0. The summed E-state index contributed by atoms with van der Waals surface area (Å²) in [6.07, 6.45) is 1.39. The van der Waals surface area contributed by atoms with Crippen LogP contribution in [0.5, 0.6) is 0 Å². The first kappa shape index (κ1) is 12.4. The third-order valence-corrected chi connectivity index (χ3v) is 2.61. The Bertz CT molecular complexity index is 540. The zero-order chi connectivity index (χ0) is 13.0. The molecule has 6 nitrogen and oxygen atoms in total. The predicted octanol–water partition coefficient (Wildman–Crippen LogP) is 1.43. The van der Waals surface area contributed by atoms with Gasteiger partial charge in [-0.1, -0.05) is 11.6 Å². The van der Waals surface area contributed by atoms with E-state index in [0.29, 0.717) is 16.4 Å². The third-order valence-electron chi connectivity index (χ3n) is 2.38. The van der Waals surface area contributed by atoms with E-state index in [9.17, 15) is 4.79 Å². The van der Waals surface area contributed by atoms with Crippen molar-refractivity contribution in [1.82, 2.24) is 20.5 Å². The van der Waals surface area contributed by atoms with Crippen molar-refractivity contribution in [3.8, 4) is 0 Å². The van der Waals surface area contributed by atoms with Gasteiger partial charge in [0.15, 0.2) is 0 Å². The van der Waals surface area contributed by atoms with Crippen LogP contribution in [0.2, 0.25) is 5.02 Å². The maximum atomic E-state index is 12.0. The summed E-state index contributed by atoms with van der Waals surface area (Å²) in [4.78, 5) is 15.9. The van der Waals surface area contributed by atoms with E-state index in [4.69, 9.17) is 11.6 Å². The van der Waals surface area contributed by atoms with Gasteiger partial charge in [0.1, 0.15) is 12.2 Å². The fourth-order valence-corrected chi connectivity index (χ4v) is 1.67. The van der Waals surface area contributed by atoms with Crippen molar-refractivity contribution < 1.29 is 4.79 Å². The number of carbonyl (C=O) groups is 1. The summed E-state index contributed by atoms with van der Waals surface area (Å²) in [5, 5.41) is 12.6. The Morgan fingerprint density at radius 3 is 3.00 bits per heavy atom. The molecule has 3 N–H and O–H groups in total. The molecule has 1 heterocycles. The van der Waals surface area contributed by atoms with Gasteiger partial charge >= 0.3 is 0 Å². The molecule has 0 bridgehead atoms. The summed E-state index contributed by atoms with van der Waals surface area (Å²) in [6, 6.07) is 5.09. The van der Waals surface area contributed by atoms with Crippen molar-refractivity contribution in [2.45, 2.75) is 6.54 Å².